The highest BCUT2D eigenvalue weighted by Gasteiger charge is 2.35. The van der Waals surface area contributed by atoms with E-state index < -0.39 is 17.6 Å². The summed E-state index contributed by atoms with van der Waals surface area (Å²) >= 11 is 7.20. The molecule has 3 atom stereocenters. The van der Waals surface area contributed by atoms with Gasteiger partial charge in [0, 0.05) is 0 Å². The van der Waals surface area contributed by atoms with E-state index in [-0.39, 0.29) is 17.6 Å². The molecule has 1 aliphatic heterocycles. The average molecular weight is 406 g/mol. The summed E-state index contributed by atoms with van der Waals surface area (Å²) in [7, 11) is 0. The maximum absolute atomic E-state index is 12.4. The van der Waals surface area contributed by atoms with Gasteiger partial charge in [-0.1, -0.05) is 54.1 Å². The predicted octanol–water partition coefficient (Wildman–Crippen LogP) is 2.19. The van der Waals surface area contributed by atoms with E-state index in [1.165, 1.54) is 11.8 Å². The molecule has 142 valence electrons. The van der Waals surface area contributed by atoms with Crippen molar-refractivity contribution in [1.82, 2.24) is 10.6 Å². The number of thioether (sulfide) groups is 1. The molecule has 1 aliphatic rings. The molecular formula is C19H20ClN3O3S. The first-order valence-electron chi connectivity index (χ1n) is 8.47. The van der Waals surface area contributed by atoms with Crippen molar-refractivity contribution in [1.29, 1.82) is 0 Å². The topological polar surface area (TPSA) is 90.5 Å². The molecule has 0 aliphatic carbocycles. The van der Waals surface area contributed by atoms with Gasteiger partial charge in [0.15, 0.2) is 0 Å². The molecule has 0 bridgehead atoms. The van der Waals surface area contributed by atoms with E-state index in [1.54, 1.807) is 24.3 Å². The van der Waals surface area contributed by atoms with Crippen LogP contribution in [0.2, 0.25) is 5.02 Å². The van der Waals surface area contributed by atoms with Crippen molar-refractivity contribution in [3.8, 4) is 0 Å². The van der Waals surface area contributed by atoms with Gasteiger partial charge in [-0.25, -0.2) is 0 Å². The Balaban J connectivity index is 1.49. The van der Waals surface area contributed by atoms with E-state index in [0.29, 0.717) is 17.1 Å². The lowest BCUT2D eigenvalue weighted by atomic mass is 9.96. The summed E-state index contributed by atoms with van der Waals surface area (Å²) in [6.45, 7) is 0. The van der Waals surface area contributed by atoms with E-state index in [0.717, 1.165) is 5.56 Å². The molecule has 27 heavy (non-hydrogen) atoms. The molecule has 2 amide bonds. The number of benzene rings is 2. The van der Waals surface area contributed by atoms with E-state index in [1.807, 2.05) is 30.3 Å². The SMILES string of the molecule is O=C(CSC1NC(=O)C(Cc2ccccc2)C(O)N1)Nc1ccccc1Cl. The average Bonchev–Trinajstić information content (AvgIpc) is 2.66. The van der Waals surface area contributed by atoms with Crippen LogP contribution in [0.5, 0.6) is 0 Å². The van der Waals surface area contributed by atoms with Crippen LogP contribution in [-0.2, 0) is 16.0 Å². The van der Waals surface area contributed by atoms with Crippen LogP contribution in [0.3, 0.4) is 0 Å². The molecule has 0 saturated carbocycles. The second-order valence-corrected chi connectivity index (χ2v) is 7.64. The van der Waals surface area contributed by atoms with Gasteiger partial charge in [0.2, 0.25) is 11.8 Å². The Morgan fingerprint density at radius 2 is 1.85 bits per heavy atom. The van der Waals surface area contributed by atoms with Crippen molar-refractivity contribution >= 4 is 40.9 Å². The second-order valence-electron chi connectivity index (χ2n) is 6.14. The maximum atomic E-state index is 12.4. The number of rotatable bonds is 6. The molecule has 4 N–H and O–H groups in total. The summed E-state index contributed by atoms with van der Waals surface area (Å²) in [5.41, 5.74) is 0.966. The number of halogens is 1. The molecule has 2 aromatic rings. The Morgan fingerprint density at radius 1 is 1.15 bits per heavy atom. The van der Waals surface area contributed by atoms with Crippen molar-refractivity contribution < 1.29 is 14.7 Å². The fourth-order valence-corrected chi connectivity index (χ4v) is 3.77. The lowest BCUT2D eigenvalue weighted by Crippen LogP contribution is -2.60. The number of anilines is 1. The summed E-state index contributed by atoms with van der Waals surface area (Å²) < 4.78 is 0. The first-order valence-corrected chi connectivity index (χ1v) is 9.90. The third kappa shape index (κ3) is 5.46. The summed E-state index contributed by atoms with van der Waals surface area (Å²) in [6.07, 6.45) is -0.548. The second kappa shape index (κ2) is 9.23. The number of aliphatic hydroxyl groups is 1. The number of hydrogen-bond acceptors (Lipinski definition) is 5. The van der Waals surface area contributed by atoms with E-state index in [9.17, 15) is 14.7 Å². The summed E-state index contributed by atoms with van der Waals surface area (Å²) in [6, 6.07) is 16.5. The van der Waals surface area contributed by atoms with E-state index in [2.05, 4.69) is 16.0 Å². The molecule has 6 nitrogen and oxygen atoms in total. The van der Waals surface area contributed by atoms with Gasteiger partial charge in [0.1, 0.15) is 11.7 Å². The molecule has 1 saturated heterocycles. The number of nitrogens with one attached hydrogen (secondary N) is 3. The predicted molar refractivity (Wildman–Crippen MR) is 107 cm³/mol. The van der Waals surface area contributed by atoms with Crippen LogP contribution < -0.4 is 16.0 Å². The summed E-state index contributed by atoms with van der Waals surface area (Å²) in [5, 5.41) is 19.2. The van der Waals surface area contributed by atoms with Crippen LogP contribution in [-0.4, -0.2) is 34.4 Å². The quantitative estimate of drug-likeness (QED) is 0.591. The van der Waals surface area contributed by atoms with Gasteiger partial charge >= 0.3 is 0 Å². The zero-order valence-electron chi connectivity index (χ0n) is 14.4. The third-order valence-electron chi connectivity index (χ3n) is 4.14. The highest BCUT2D eigenvalue weighted by Crippen LogP contribution is 2.22. The lowest BCUT2D eigenvalue weighted by molar-refractivity contribution is -0.133. The van der Waals surface area contributed by atoms with Crippen molar-refractivity contribution in [3.63, 3.8) is 0 Å². The van der Waals surface area contributed by atoms with Crippen molar-refractivity contribution in [2.75, 3.05) is 11.1 Å². The van der Waals surface area contributed by atoms with Gasteiger partial charge in [0.05, 0.1) is 22.4 Å². The summed E-state index contributed by atoms with van der Waals surface area (Å²) in [4.78, 5) is 24.4. The van der Waals surface area contributed by atoms with Crippen molar-refractivity contribution in [2.45, 2.75) is 18.1 Å². The Kier molecular flexibility index (Phi) is 6.73. The Hall–Kier alpha value is -2.06. The molecule has 3 rings (SSSR count). The zero-order chi connectivity index (χ0) is 19.2. The van der Waals surface area contributed by atoms with Crippen molar-refractivity contribution in [3.05, 3.63) is 65.2 Å². The first-order chi connectivity index (χ1) is 13.0. The minimum Gasteiger partial charge on any atom is -0.378 e. The van der Waals surface area contributed by atoms with Gasteiger partial charge in [0.25, 0.3) is 0 Å². The molecule has 1 fully saturated rings. The molecule has 3 unspecified atom stereocenters. The molecule has 0 aromatic heterocycles. The fourth-order valence-electron chi connectivity index (χ4n) is 2.76. The number of hydrogen-bond donors (Lipinski definition) is 4. The largest absolute Gasteiger partial charge is 0.378 e. The van der Waals surface area contributed by atoms with Crippen LogP contribution in [0.4, 0.5) is 5.69 Å². The molecule has 1 heterocycles. The smallest absolute Gasteiger partial charge is 0.234 e. The molecule has 0 radical (unpaired) electrons. The Bertz CT molecular complexity index is 806. The van der Waals surface area contributed by atoms with Crippen LogP contribution >= 0.6 is 23.4 Å². The lowest BCUT2D eigenvalue weighted by Gasteiger charge is -2.34. The monoisotopic (exact) mass is 405 g/mol. The summed E-state index contributed by atoms with van der Waals surface area (Å²) in [5.74, 6) is -0.973. The maximum Gasteiger partial charge on any atom is 0.234 e. The van der Waals surface area contributed by atoms with Crippen LogP contribution in [0, 0.1) is 5.92 Å². The minimum absolute atomic E-state index is 0.0965. The van der Waals surface area contributed by atoms with Gasteiger partial charge in [-0.05, 0) is 24.1 Å². The Labute approximate surface area is 166 Å². The molecule has 8 heteroatoms. The van der Waals surface area contributed by atoms with Crippen LogP contribution in [0.1, 0.15) is 5.56 Å². The zero-order valence-corrected chi connectivity index (χ0v) is 16.0. The molecule has 2 aromatic carbocycles. The normalized spacial score (nSPS) is 22.1. The fraction of sp³-hybridized carbons (Fsp3) is 0.263. The number of aliphatic hydroxyl groups excluding tert-OH is 1. The van der Waals surface area contributed by atoms with Crippen molar-refractivity contribution in [2.24, 2.45) is 5.92 Å². The highest BCUT2D eigenvalue weighted by molar-refractivity contribution is 8.00. The van der Waals surface area contributed by atoms with Gasteiger partial charge < -0.3 is 15.7 Å². The number of amides is 2. The van der Waals surface area contributed by atoms with Crippen LogP contribution in [0.25, 0.3) is 0 Å². The van der Waals surface area contributed by atoms with E-state index >= 15 is 0 Å². The third-order valence-corrected chi connectivity index (χ3v) is 5.49. The molecule has 0 spiro atoms. The Morgan fingerprint density at radius 3 is 2.56 bits per heavy atom. The number of carbonyl (C=O) groups excluding carboxylic acids is 2. The molecular weight excluding hydrogens is 386 g/mol. The number of carbonyl (C=O) groups is 2. The van der Waals surface area contributed by atoms with E-state index in [4.69, 9.17) is 11.6 Å². The standard InChI is InChI=1S/C19H20ClN3O3S/c20-14-8-4-5-9-15(14)21-16(24)11-27-19-22-17(25)13(18(26)23-19)10-12-6-2-1-3-7-12/h1-9,13,17,19,22,25H,10-11H2,(H,21,24)(H,23,26). The van der Waals surface area contributed by atoms with Gasteiger partial charge in [-0.3, -0.25) is 14.9 Å². The highest BCUT2D eigenvalue weighted by atomic mass is 35.5. The van der Waals surface area contributed by atoms with Gasteiger partial charge in [-0.2, -0.15) is 0 Å². The first kappa shape index (κ1) is 19.7. The minimum atomic E-state index is -0.983. The van der Waals surface area contributed by atoms with Crippen LogP contribution in [0.15, 0.2) is 54.6 Å². The number of para-hydroxylation sites is 1. The van der Waals surface area contributed by atoms with Gasteiger partial charge in [-0.15, -0.1) is 11.8 Å².